The molecule has 2 amide bonds. The van der Waals surface area contributed by atoms with E-state index in [0.29, 0.717) is 24.9 Å². The fourth-order valence-electron chi connectivity index (χ4n) is 2.49. The number of nitrogens with one attached hydrogen (secondary N) is 2. The van der Waals surface area contributed by atoms with Crippen LogP contribution < -0.4 is 10.6 Å². The molecule has 0 spiro atoms. The SMILES string of the molecule is C#CC(CC)(CC)NC(=O)CN(C)Cc1ccc(C(=O)NC)cc1. The van der Waals surface area contributed by atoms with Gasteiger partial charge in [-0.1, -0.05) is 31.9 Å². The third-order valence-electron chi connectivity index (χ3n) is 4.17. The third kappa shape index (κ3) is 5.39. The Kier molecular flexibility index (Phi) is 7.47. The highest BCUT2D eigenvalue weighted by Crippen LogP contribution is 2.13. The van der Waals surface area contributed by atoms with Crippen LogP contribution in [0.4, 0.5) is 0 Å². The van der Waals surface area contributed by atoms with E-state index < -0.39 is 5.54 Å². The molecule has 0 saturated carbocycles. The van der Waals surface area contributed by atoms with Crippen molar-refractivity contribution in [3.05, 3.63) is 35.4 Å². The molecule has 1 aromatic rings. The van der Waals surface area contributed by atoms with Crippen LogP contribution in [0.2, 0.25) is 0 Å². The molecule has 0 aliphatic rings. The number of amides is 2. The highest BCUT2D eigenvalue weighted by Gasteiger charge is 2.25. The standard InChI is InChI=1S/C19H27N3O2/c1-6-19(7-2,8-3)21-17(23)14-22(5)13-15-9-11-16(12-10-15)18(24)20-4/h1,9-12H,7-8,13-14H2,2-5H3,(H,20,24)(H,21,23). The Balaban J connectivity index is 2.60. The normalized spacial score (nSPS) is 11.0. The molecule has 5 heteroatoms. The molecule has 0 bridgehead atoms. The van der Waals surface area contributed by atoms with Crippen molar-refractivity contribution in [3.63, 3.8) is 0 Å². The summed E-state index contributed by atoms with van der Waals surface area (Å²) in [5, 5.41) is 5.55. The van der Waals surface area contributed by atoms with Crippen molar-refractivity contribution >= 4 is 11.8 Å². The van der Waals surface area contributed by atoms with Crippen LogP contribution in [0.15, 0.2) is 24.3 Å². The van der Waals surface area contributed by atoms with E-state index in [0.717, 1.165) is 5.56 Å². The second-order valence-corrected chi connectivity index (χ2v) is 5.93. The number of carbonyl (C=O) groups excluding carboxylic acids is 2. The summed E-state index contributed by atoms with van der Waals surface area (Å²) in [6, 6.07) is 7.34. The van der Waals surface area contributed by atoms with Gasteiger partial charge in [-0.3, -0.25) is 14.5 Å². The number of nitrogens with zero attached hydrogens (tertiary/aromatic N) is 1. The van der Waals surface area contributed by atoms with E-state index >= 15 is 0 Å². The van der Waals surface area contributed by atoms with Gasteiger partial charge in [0.15, 0.2) is 0 Å². The van der Waals surface area contributed by atoms with Crippen molar-refractivity contribution in [1.82, 2.24) is 15.5 Å². The molecule has 130 valence electrons. The number of carbonyl (C=O) groups is 2. The molecule has 0 radical (unpaired) electrons. The Morgan fingerprint density at radius 1 is 1.21 bits per heavy atom. The van der Waals surface area contributed by atoms with Crippen LogP contribution in [0.25, 0.3) is 0 Å². The molecule has 0 heterocycles. The fourth-order valence-corrected chi connectivity index (χ4v) is 2.49. The lowest BCUT2D eigenvalue weighted by molar-refractivity contribution is -0.123. The van der Waals surface area contributed by atoms with Crippen LogP contribution in [-0.4, -0.2) is 42.9 Å². The topological polar surface area (TPSA) is 61.4 Å². The summed E-state index contributed by atoms with van der Waals surface area (Å²) in [6.07, 6.45) is 6.98. The van der Waals surface area contributed by atoms with Gasteiger partial charge in [0.1, 0.15) is 5.54 Å². The predicted molar refractivity (Wildman–Crippen MR) is 96.5 cm³/mol. The summed E-state index contributed by atoms with van der Waals surface area (Å²) in [5.74, 6) is 2.51. The van der Waals surface area contributed by atoms with Crippen molar-refractivity contribution in [2.45, 2.75) is 38.8 Å². The van der Waals surface area contributed by atoms with Crippen LogP contribution >= 0.6 is 0 Å². The molecule has 1 aromatic carbocycles. The van der Waals surface area contributed by atoms with Crippen molar-refractivity contribution < 1.29 is 9.59 Å². The van der Waals surface area contributed by atoms with Gasteiger partial charge in [0.2, 0.25) is 5.91 Å². The molecular formula is C19H27N3O2. The monoisotopic (exact) mass is 329 g/mol. The smallest absolute Gasteiger partial charge is 0.251 e. The van der Waals surface area contributed by atoms with Crippen molar-refractivity contribution in [2.24, 2.45) is 0 Å². The first-order valence-electron chi connectivity index (χ1n) is 8.18. The Morgan fingerprint density at radius 2 is 1.79 bits per heavy atom. The van der Waals surface area contributed by atoms with Gasteiger partial charge in [0.25, 0.3) is 5.91 Å². The van der Waals surface area contributed by atoms with Gasteiger partial charge >= 0.3 is 0 Å². The van der Waals surface area contributed by atoms with Gasteiger partial charge in [0.05, 0.1) is 6.54 Å². The molecule has 0 aliphatic heterocycles. The molecular weight excluding hydrogens is 302 g/mol. The van der Waals surface area contributed by atoms with Crippen molar-refractivity contribution in [3.8, 4) is 12.3 Å². The number of terminal acetylenes is 1. The van der Waals surface area contributed by atoms with Gasteiger partial charge in [-0.05, 0) is 37.6 Å². The average molecular weight is 329 g/mol. The van der Waals surface area contributed by atoms with E-state index in [4.69, 9.17) is 6.42 Å². The van der Waals surface area contributed by atoms with Crippen LogP contribution in [0.3, 0.4) is 0 Å². The van der Waals surface area contributed by atoms with Crippen LogP contribution in [-0.2, 0) is 11.3 Å². The van der Waals surface area contributed by atoms with Gasteiger partial charge < -0.3 is 10.6 Å². The number of hydrogen-bond acceptors (Lipinski definition) is 3. The molecule has 0 saturated heterocycles. The second-order valence-electron chi connectivity index (χ2n) is 5.93. The van der Waals surface area contributed by atoms with E-state index in [1.165, 1.54) is 0 Å². The van der Waals surface area contributed by atoms with E-state index in [1.54, 1.807) is 19.2 Å². The summed E-state index contributed by atoms with van der Waals surface area (Å²) in [5.41, 5.74) is 1.09. The van der Waals surface area contributed by atoms with E-state index in [-0.39, 0.29) is 18.4 Å². The minimum absolute atomic E-state index is 0.0823. The zero-order valence-electron chi connectivity index (χ0n) is 15.0. The molecule has 1 rings (SSSR count). The molecule has 0 atom stereocenters. The number of rotatable bonds is 8. The quantitative estimate of drug-likeness (QED) is 0.715. The van der Waals surface area contributed by atoms with Gasteiger partial charge in [-0.25, -0.2) is 0 Å². The predicted octanol–water partition coefficient (Wildman–Crippen LogP) is 1.79. The maximum Gasteiger partial charge on any atom is 0.251 e. The molecule has 0 aromatic heterocycles. The van der Waals surface area contributed by atoms with E-state index in [1.807, 2.05) is 37.9 Å². The number of benzene rings is 1. The second kappa shape index (κ2) is 9.09. The fraction of sp³-hybridized carbons (Fsp3) is 0.474. The zero-order valence-corrected chi connectivity index (χ0v) is 15.0. The van der Waals surface area contributed by atoms with Crippen LogP contribution in [0.1, 0.15) is 42.6 Å². The summed E-state index contributed by atoms with van der Waals surface area (Å²) in [6.45, 7) is 4.83. The first-order chi connectivity index (χ1) is 11.4. The Bertz CT molecular complexity index is 598. The van der Waals surface area contributed by atoms with Crippen LogP contribution in [0, 0.1) is 12.3 Å². The summed E-state index contributed by atoms with van der Waals surface area (Å²) < 4.78 is 0. The Hall–Kier alpha value is -2.32. The Morgan fingerprint density at radius 3 is 2.25 bits per heavy atom. The lowest BCUT2D eigenvalue weighted by atomic mass is 9.94. The third-order valence-corrected chi connectivity index (χ3v) is 4.17. The van der Waals surface area contributed by atoms with Gasteiger partial charge in [-0.15, -0.1) is 6.42 Å². The zero-order chi connectivity index (χ0) is 18.2. The highest BCUT2D eigenvalue weighted by molar-refractivity contribution is 5.93. The number of hydrogen-bond donors (Lipinski definition) is 2. The first-order valence-corrected chi connectivity index (χ1v) is 8.18. The van der Waals surface area contributed by atoms with Gasteiger partial charge in [0, 0.05) is 19.2 Å². The molecule has 5 nitrogen and oxygen atoms in total. The van der Waals surface area contributed by atoms with E-state index in [9.17, 15) is 9.59 Å². The average Bonchev–Trinajstić information content (AvgIpc) is 2.59. The lowest BCUT2D eigenvalue weighted by Crippen LogP contribution is -2.49. The Labute approximate surface area is 144 Å². The summed E-state index contributed by atoms with van der Waals surface area (Å²) in [4.78, 5) is 25.7. The maximum atomic E-state index is 12.2. The summed E-state index contributed by atoms with van der Waals surface area (Å²) >= 11 is 0. The molecule has 0 aliphatic carbocycles. The van der Waals surface area contributed by atoms with E-state index in [2.05, 4.69) is 16.6 Å². The number of likely N-dealkylation sites (N-methyl/N-ethyl adjacent to an activating group) is 1. The molecule has 24 heavy (non-hydrogen) atoms. The van der Waals surface area contributed by atoms with Crippen molar-refractivity contribution in [2.75, 3.05) is 20.6 Å². The maximum absolute atomic E-state index is 12.2. The van der Waals surface area contributed by atoms with Crippen LogP contribution in [0.5, 0.6) is 0 Å². The lowest BCUT2D eigenvalue weighted by Gasteiger charge is -2.28. The first kappa shape index (κ1) is 19.7. The van der Waals surface area contributed by atoms with Crippen molar-refractivity contribution in [1.29, 1.82) is 0 Å². The highest BCUT2D eigenvalue weighted by atomic mass is 16.2. The molecule has 0 fully saturated rings. The minimum atomic E-state index is -0.562. The molecule has 2 N–H and O–H groups in total. The van der Waals surface area contributed by atoms with Gasteiger partial charge in [-0.2, -0.15) is 0 Å². The largest absolute Gasteiger partial charge is 0.355 e. The minimum Gasteiger partial charge on any atom is -0.355 e. The summed E-state index contributed by atoms with van der Waals surface area (Å²) in [7, 11) is 3.48. The molecule has 0 unspecified atom stereocenters.